The molecule has 3 atom stereocenters. The van der Waals surface area contributed by atoms with E-state index in [1.165, 1.54) is 83.5 Å². The summed E-state index contributed by atoms with van der Waals surface area (Å²) in [6.45, 7) is 2.34. The van der Waals surface area contributed by atoms with Crippen molar-refractivity contribution in [2.75, 3.05) is 26.4 Å². The van der Waals surface area contributed by atoms with E-state index in [0.717, 1.165) is 57.8 Å². The van der Waals surface area contributed by atoms with E-state index in [2.05, 4.69) is 42.7 Å². The molecule has 3 unspecified atom stereocenters. The fourth-order valence-electron chi connectivity index (χ4n) is 5.43. The summed E-state index contributed by atoms with van der Waals surface area (Å²) in [5, 5.41) is 18.3. The Balaban J connectivity index is 4.34. The third kappa shape index (κ3) is 36.6. The second-order valence-corrected chi connectivity index (χ2v) is 15.1. The van der Waals surface area contributed by atoms with Gasteiger partial charge in [0.05, 0.1) is 19.8 Å². The Labute approximate surface area is 310 Å². The van der Waals surface area contributed by atoms with Crippen LogP contribution in [0.15, 0.2) is 24.3 Å². The predicted octanol–water partition coefficient (Wildman–Crippen LogP) is 10.2. The van der Waals surface area contributed by atoms with Crippen molar-refractivity contribution in [3.63, 3.8) is 0 Å². The van der Waals surface area contributed by atoms with Crippen LogP contribution in [-0.4, -0.2) is 65.7 Å². The Morgan fingerprint density at radius 2 is 1.02 bits per heavy atom. The van der Waals surface area contributed by atoms with Crippen molar-refractivity contribution in [3.05, 3.63) is 24.3 Å². The molecule has 0 amide bonds. The predicted molar refractivity (Wildman–Crippen MR) is 205 cm³/mol. The molecule has 0 bridgehead atoms. The van der Waals surface area contributed by atoms with Gasteiger partial charge in [-0.1, -0.05) is 147 Å². The molecule has 0 aliphatic rings. The summed E-state index contributed by atoms with van der Waals surface area (Å²) in [5.41, 5.74) is 0. The zero-order valence-corrected chi connectivity index (χ0v) is 33.2. The topological polar surface area (TPSA) is 149 Å². The van der Waals surface area contributed by atoms with E-state index in [1.807, 2.05) is 0 Å². The lowest BCUT2D eigenvalue weighted by Crippen LogP contribution is -2.29. The molecule has 0 radical (unpaired) electrons. The standard InChI is InChI=1S/C40H75O10P/c1-3-5-7-9-11-13-15-17-18-20-21-23-25-27-29-31-39(43)47-35-38(36-49-51(45,46)48-34-37(42)33-41)50-40(44)32-30-28-26-24-22-19-16-14-12-10-8-6-4-2/h11,13,17-18,37-38,41-42H,3-10,12,14-16,19-36H2,1-2H3,(H,45,46). The Kier molecular flexibility index (Phi) is 35.7. The van der Waals surface area contributed by atoms with Crippen molar-refractivity contribution >= 4 is 19.8 Å². The third-order valence-electron chi connectivity index (χ3n) is 8.61. The largest absolute Gasteiger partial charge is 0.472 e. The molecule has 0 aromatic rings. The number of ether oxygens (including phenoxy) is 2. The lowest BCUT2D eigenvalue weighted by atomic mass is 10.0. The molecule has 11 heteroatoms. The van der Waals surface area contributed by atoms with Crippen LogP contribution in [0.2, 0.25) is 0 Å². The number of phosphoric acid groups is 1. The van der Waals surface area contributed by atoms with Crippen molar-refractivity contribution in [1.82, 2.24) is 0 Å². The number of aliphatic hydroxyl groups excluding tert-OH is 2. The van der Waals surface area contributed by atoms with Gasteiger partial charge in [-0.15, -0.1) is 0 Å². The van der Waals surface area contributed by atoms with Crippen LogP contribution in [0.25, 0.3) is 0 Å². The lowest BCUT2D eigenvalue weighted by Gasteiger charge is -2.20. The maximum absolute atomic E-state index is 12.6. The van der Waals surface area contributed by atoms with Crippen molar-refractivity contribution in [3.8, 4) is 0 Å². The van der Waals surface area contributed by atoms with Gasteiger partial charge in [-0.05, 0) is 44.9 Å². The molecule has 0 aliphatic heterocycles. The number of phosphoric ester groups is 1. The maximum atomic E-state index is 12.6. The molecule has 0 rings (SSSR count). The zero-order chi connectivity index (χ0) is 37.7. The fraction of sp³-hybridized carbons (Fsp3) is 0.850. The number of allylic oxidation sites excluding steroid dienone is 4. The number of hydrogen-bond donors (Lipinski definition) is 3. The summed E-state index contributed by atoms with van der Waals surface area (Å²) in [6, 6.07) is 0. The molecule has 0 aliphatic carbocycles. The van der Waals surface area contributed by atoms with Crippen molar-refractivity contribution in [2.24, 2.45) is 0 Å². The van der Waals surface area contributed by atoms with Crippen LogP contribution in [0.5, 0.6) is 0 Å². The maximum Gasteiger partial charge on any atom is 0.472 e. The summed E-state index contributed by atoms with van der Waals surface area (Å²) in [4.78, 5) is 34.9. The number of esters is 2. The summed E-state index contributed by atoms with van der Waals surface area (Å²) < 4.78 is 32.6. The Hall–Kier alpha value is -1.55. The van der Waals surface area contributed by atoms with Crippen LogP contribution in [0.4, 0.5) is 0 Å². The van der Waals surface area contributed by atoms with Crippen LogP contribution in [0.3, 0.4) is 0 Å². The Morgan fingerprint density at radius 1 is 0.588 bits per heavy atom. The summed E-state index contributed by atoms with van der Waals surface area (Å²) in [5.74, 6) is -0.937. The quantitative estimate of drug-likeness (QED) is 0.0241. The van der Waals surface area contributed by atoms with Crippen LogP contribution < -0.4 is 0 Å². The lowest BCUT2D eigenvalue weighted by molar-refractivity contribution is -0.161. The zero-order valence-electron chi connectivity index (χ0n) is 32.3. The molecular formula is C40H75O10P. The Bertz CT molecular complexity index is 910. The van der Waals surface area contributed by atoms with E-state index in [9.17, 15) is 24.2 Å². The fourth-order valence-corrected chi connectivity index (χ4v) is 6.22. The van der Waals surface area contributed by atoms with Crippen molar-refractivity contribution < 1.29 is 47.8 Å². The molecule has 10 nitrogen and oxygen atoms in total. The first-order valence-electron chi connectivity index (χ1n) is 20.3. The monoisotopic (exact) mass is 747 g/mol. The van der Waals surface area contributed by atoms with Crippen LogP contribution in [0, 0.1) is 0 Å². The van der Waals surface area contributed by atoms with Gasteiger partial charge in [0, 0.05) is 12.8 Å². The normalized spacial score (nSPS) is 14.2. The molecule has 0 saturated carbocycles. The number of aliphatic hydroxyl groups is 2. The molecule has 51 heavy (non-hydrogen) atoms. The van der Waals surface area contributed by atoms with E-state index in [1.54, 1.807) is 0 Å². The van der Waals surface area contributed by atoms with E-state index in [4.69, 9.17) is 19.1 Å². The summed E-state index contributed by atoms with van der Waals surface area (Å²) >= 11 is 0. The average Bonchev–Trinajstić information content (AvgIpc) is 3.12. The van der Waals surface area contributed by atoms with Gasteiger partial charge >= 0.3 is 19.8 Å². The third-order valence-corrected chi connectivity index (χ3v) is 9.56. The number of rotatable bonds is 38. The molecule has 3 N–H and O–H groups in total. The summed E-state index contributed by atoms with van der Waals surface area (Å²) in [7, 11) is -4.61. The van der Waals surface area contributed by atoms with Crippen LogP contribution >= 0.6 is 7.82 Å². The molecule has 0 spiro atoms. The first-order chi connectivity index (χ1) is 24.7. The minimum absolute atomic E-state index is 0.185. The Morgan fingerprint density at radius 3 is 1.55 bits per heavy atom. The van der Waals surface area contributed by atoms with Gasteiger partial charge in [0.15, 0.2) is 6.10 Å². The molecule has 0 aromatic carbocycles. The van der Waals surface area contributed by atoms with E-state index >= 15 is 0 Å². The van der Waals surface area contributed by atoms with Crippen molar-refractivity contribution in [2.45, 2.75) is 193 Å². The van der Waals surface area contributed by atoms with E-state index < -0.39 is 51.8 Å². The average molecular weight is 747 g/mol. The smallest absolute Gasteiger partial charge is 0.462 e. The second kappa shape index (κ2) is 36.8. The highest BCUT2D eigenvalue weighted by atomic mass is 31.2. The molecule has 0 saturated heterocycles. The molecular weight excluding hydrogens is 671 g/mol. The first-order valence-corrected chi connectivity index (χ1v) is 21.8. The molecule has 0 fully saturated rings. The second-order valence-electron chi connectivity index (χ2n) is 13.7. The van der Waals surface area contributed by atoms with Gasteiger partial charge in [0.25, 0.3) is 0 Å². The van der Waals surface area contributed by atoms with Crippen molar-refractivity contribution in [1.29, 1.82) is 0 Å². The number of carbonyl (C=O) groups excluding carboxylic acids is 2. The highest BCUT2D eigenvalue weighted by Crippen LogP contribution is 2.43. The van der Waals surface area contributed by atoms with Gasteiger partial charge in [0.1, 0.15) is 12.7 Å². The first kappa shape index (κ1) is 49.5. The number of unbranched alkanes of at least 4 members (excludes halogenated alkanes) is 20. The molecule has 0 heterocycles. The SMILES string of the molecule is CCCCCC=CCC=CCCCCCCCC(=O)OCC(COP(=O)(O)OCC(O)CO)OC(=O)CCCCCCCCCCCCCCC. The van der Waals surface area contributed by atoms with Gasteiger partial charge in [-0.3, -0.25) is 18.6 Å². The molecule has 300 valence electrons. The van der Waals surface area contributed by atoms with E-state index in [-0.39, 0.29) is 19.4 Å². The van der Waals surface area contributed by atoms with Gasteiger partial charge in [-0.25, -0.2) is 4.57 Å². The highest BCUT2D eigenvalue weighted by Gasteiger charge is 2.27. The van der Waals surface area contributed by atoms with Gasteiger partial charge < -0.3 is 24.6 Å². The van der Waals surface area contributed by atoms with Gasteiger partial charge in [0.2, 0.25) is 0 Å². The number of hydrogen-bond acceptors (Lipinski definition) is 9. The summed E-state index contributed by atoms with van der Waals surface area (Å²) in [6.07, 6.45) is 34.2. The van der Waals surface area contributed by atoms with Crippen LogP contribution in [0.1, 0.15) is 181 Å². The highest BCUT2D eigenvalue weighted by molar-refractivity contribution is 7.47. The van der Waals surface area contributed by atoms with Crippen LogP contribution in [-0.2, 0) is 32.7 Å². The minimum Gasteiger partial charge on any atom is -0.462 e. The van der Waals surface area contributed by atoms with Gasteiger partial charge in [-0.2, -0.15) is 0 Å². The molecule has 0 aromatic heterocycles. The number of carbonyl (C=O) groups is 2. The minimum atomic E-state index is -4.61. The van der Waals surface area contributed by atoms with E-state index in [0.29, 0.717) is 12.8 Å².